The van der Waals surface area contributed by atoms with E-state index in [9.17, 15) is 4.79 Å². The summed E-state index contributed by atoms with van der Waals surface area (Å²) >= 11 is 7.30. The molecule has 2 aromatic carbocycles. The SMILES string of the molecule is COc1ccc2c(CSC(=S)N3CCN(Cc4ccc(C)cc4)CC3)cc(=O)oc2c1. The van der Waals surface area contributed by atoms with E-state index in [-0.39, 0.29) is 5.63 Å². The number of ether oxygens (including phenoxy) is 1. The van der Waals surface area contributed by atoms with Crippen LogP contribution in [0.15, 0.2) is 57.7 Å². The van der Waals surface area contributed by atoms with Crippen LogP contribution in [-0.2, 0) is 12.3 Å². The van der Waals surface area contributed by atoms with E-state index >= 15 is 0 Å². The molecule has 1 aliphatic heterocycles. The number of methoxy groups -OCH3 is 1. The topological polar surface area (TPSA) is 45.9 Å². The summed E-state index contributed by atoms with van der Waals surface area (Å²) in [6, 6.07) is 15.9. The molecule has 0 radical (unpaired) electrons. The van der Waals surface area contributed by atoms with Gasteiger partial charge in [0.05, 0.1) is 7.11 Å². The average Bonchev–Trinajstić information content (AvgIpc) is 2.78. The standard InChI is InChI=1S/C24H26N2O3S2/c1-17-3-5-18(6-4-17)15-25-9-11-26(12-10-25)24(30)31-16-19-13-23(27)29-22-14-20(28-2)7-8-21(19)22/h3-8,13-14H,9-12,15-16H2,1-2H3. The number of rotatable bonds is 5. The summed E-state index contributed by atoms with van der Waals surface area (Å²) in [6.45, 7) is 6.92. The fourth-order valence-electron chi connectivity index (χ4n) is 3.73. The summed E-state index contributed by atoms with van der Waals surface area (Å²) in [4.78, 5) is 16.7. The van der Waals surface area contributed by atoms with Gasteiger partial charge in [-0.05, 0) is 30.2 Å². The monoisotopic (exact) mass is 454 g/mol. The summed E-state index contributed by atoms with van der Waals surface area (Å²) < 4.78 is 11.5. The van der Waals surface area contributed by atoms with Crippen molar-refractivity contribution in [2.75, 3.05) is 33.3 Å². The molecule has 0 amide bonds. The molecule has 0 spiro atoms. The van der Waals surface area contributed by atoms with Gasteiger partial charge >= 0.3 is 5.63 Å². The van der Waals surface area contributed by atoms with Crippen molar-refractivity contribution in [1.29, 1.82) is 0 Å². The predicted molar refractivity (Wildman–Crippen MR) is 131 cm³/mol. The van der Waals surface area contributed by atoms with Gasteiger partial charge in [0, 0.05) is 56.0 Å². The molecule has 31 heavy (non-hydrogen) atoms. The Bertz CT molecular complexity index is 1120. The minimum atomic E-state index is -0.355. The minimum Gasteiger partial charge on any atom is -0.497 e. The first kappa shape index (κ1) is 21.9. The van der Waals surface area contributed by atoms with Crippen LogP contribution in [0.5, 0.6) is 5.75 Å². The van der Waals surface area contributed by atoms with E-state index in [1.165, 1.54) is 11.1 Å². The Morgan fingerprint density at radius 3 is 2.55 bits per heavy atom. The van der Waals surface area contributed by atoms with Crippen LogP contribution in [0.25, 0.3) is 11.0 Å². The van der Waals surface area contributed by atoms with Gasteiger partial charge in [0.25, 0.3) is 0 Å². The van der Waals surface area contributed by atoms with Gasteiger partial charge in [-0.3, -0.25) is 4.90 Å². The first-order valence-electron chi connectivity index (χ1n) is 10.3. The normalized spacial score (nSPS) is 14.7. The summed E-state index contributed by atoms with van der Waals surface area (Å²) in [5.41, 5.74) is 3.76. The van der Waals surface area contributed by atoms with Crippen molar-refractivity contribution < 1.29 is 9.15 Å². The van der Waals surface area contributed by atoms with Crippen LogP contribution in [0.3, 0.4) is 0 Å². The van der Waals surface area contributed by atoms with Crippen molar-refractivity contribution in [2.45, 2.75) is 19.2 Å². The number of hydrogen-bond donors (Lipinski definition) is 0. The van der Waals surface area contributed by atoms with Crippen LogP contribution in [0.4, 0.5) is 0 Å². The highest BCUT2D eigenvalue weighted by Gasteiger charge is 2.19. The molecule has 0 atom stereocenters. The van der Waals surface area contributed by atoms with E-state index < -0.39 is 0 Å². The fourth-order valence-corrected chi connectivity index (χ4v) is 4.97. The van der Waals surface area contributed by atoms with E-state index in [0.717, 1.165) is 48.0 Å². The summed E-state index contributed by atoms with van der Waals surface area (Å²) in [7, 11) is 1.60. The number of aryl methyl sites for hydroxylation is 1. The van der Waals surface area contributed by atoms with E-state index in [0.29, 0.717) is 17.1 Å². The molecule has 0 bridgehead atoms. The molecule has 5 nitrogen and oxygen atoms in total. The Morgan fingerprint density at radius 2 is 1.84 bits per heavy atom. The van der Waals surface area contributed by atoms with Crippen molar-refractivity contribution >= 4 is 39.3 Å². The molecule has 0 aliphatic carbocycles. The Morgan fingerprint density at radius 1 is 1.10 bits per heavy atom. The number of nitrogens with zero attached hydrogens (tertiary/aromatic N) is 2. The number of piperazine rings is 1. The van der Waals surface area contributed by atoms with Gasteiger partial charge in [0.2, 0.25) is 0 Å². The lowest BCUT2D eigenvalue weighted by atomic mass is 10.1. The third-order valence-corrected chi connectivity index (χ3v) is 7.12. The number of hydrogen-bond acceptors (Lipinski definition) is 6. The molecule has 0 N–H and O–H groups in total. The summed E-state index contributed by atoms with van der Waals surface area (Å²) in [6.07, 6.45) is 0. The molecule has 2 heterocycles. The largest absolute Gasteiger partial charge is 0.497 e. The lowest BCUT2D eigenvalue weighted by Gasteiger charge is -2.36. The number of thiocarbonyl (C=S) groups is 1. The van der Waals surface area contributed by atoms with E-state index in [4.69, 9.17) is 21.4 Å². The number of thioether (sulfide) groups is 1. The molecule has 4 rings (SSSR count). The van der Waals surface area contributed by atoms with Gasteiger partial charge in [-0.25, -0.2) is 4.79 Å². The number of benzene rings is 2. The lowest BCUT2D eigenvalue weighted by Crippen LogP contribution is -2.47. The second kappa shape index (κ2) is 9.85. The van der Waals surface area contributed by atoms with Gasteiger partial charge < -0.3 is 14.1 Å². The van der Waals surface area contributed by atoms with E-state index in [1.54, 1.807) is 31.0 Å². The molecule has 1 saturated heterocycles. The molecule has 1 fully saturated rings. The quantitative estimate of drug-likeness (QED) is 0.417. The van der Waals surface area contributed by atoms with Crippen molar-refractivity contribution in [3.8, 4) is 5.75 Å². The maximum atomic E-state index is 12.0. The Balaban J connectivity index is 1.33. The smallest absolute Gasteiger partial charge is 0.336 e. The van der Waals surface area contributed by atoms with Gasteiger partial charge in [0.1, 0.15) is 15.7 Å². The van der Waals surface area contributed by atoms with E-state index in [2.05, 4.69) is 41.0 Å². The highest BCUT2D eigenvalue weighted by molar-refractivity contribution is 8.22. The maximum Gasteiger partial charge on any atom is 0.336 e. The predicted octanol–water partition coefficient (Wildman–Crippen LogP) is 4.45. The highest BCUT2D eigenvalue weighted by Crippen LogP contribution is 2.26. The van der Waals surface area contributed by atoms with Crippen LogP contribution in [0.2, 0.25) is 0 Å². The third-order valence-electron chi connectivity index (χ3n) is 5.55. The molecule has 3 aromatic rings. The molecule has 0 unspecified atom stereocenters. The molecule has 1 aliphatic rings. The molecule has 162 valence electrons. The van der Waals surface area contributed by atoms with Crippen LogP contribution >= 0.6 is 24.0 Å². The Hall–Kier alpha value is -2.35. The summed E-state index contributed by atoms with van der Waals surface area (Å²) in [5.74, 6) is 1.30. The van der Waals surface area contributed by atoms with Crippen molar-refractivity contribution in [2.24, 2.45) is 0 Å². The Labute approximate surface area is 192 Å². The Kier molecular flexibility index (Phi) is 6.95. The summed E-state index contributed by atoms with van der Waals surface area (Å²) in [5, 5.41) is 0.915. The van der Waals surface area contributed by atoms with E-state index in [1.807, 2.05) is 12.1 Å². The number of fused-ring (bicyclic) bond motifs is 1. The molecular weight excluding hydrogens is 428 g/mol. The van der Waals surface area contributed by atoms with Crippen LogP contribution in [0, 0.1) is 6.92 Å². The van der Waals surface area contributed by atoms with Gasteiger partial charge in [0.15, 0.2) is 0 Å². The first-order valence-corrected chi connectivity index (χ1v) is 11.7. The molecular formula is C24H26N2O3S2. The zero-order valence-electron chi connectivity index (χ0n) is 17.8. The highest BCUT2D eigenvalue weighted by atomic mass is 32.2. The molecule has 1 aromatic heterocycles. The minimum absolute atomic E-state index is 0.355. The van der Waals surface area contributed by atoms with Crippen LogP contribution in [-0.4, -0.2) is 47.4 Å². The third kappa shape index (κ3) is 5.47. The van der Waals surface area contributed by atoms with Crippen molar-refractivity contribution in [1.82, 2.24) is 9.80 Å². The van der Waals surface area contributed by atoms with Crippen molar-refractivity contribution in [3.63, 3.8) is 0 Å². The van der Waals surface area contributed by atoms with Gasteiger partial charge in [-0.1, -0.05) is 53.8 Å². The zero-order chi connectivity index (χ0) is 21.8. The fraction of sp³-hybridized carbons (Fsp3) is 0.333. The average molecular weight is 455 g/mol. The lowest BCUT2D eigenvalue weighted by molar-refractivity contribution is 0.179. The zero-order valence-corrected chi connectivity index (χ0v) is 19.4. The van der Waals surface area contributed by atoms with Crippen LogP contribution in [0.1, 0.15) is 16.7 Å². The van der Waals surface area contributed by atoms with Gasteiger partial charge in [-0.2, -0.15) is 0 Å². The second-order valence-corrected chi connectivity index (χ2v) is 9.37. The first-order chi connectivity index (χ1) is 15.0. The van der Waals surface area contributed by atoms with Crippen molar-refractivity contribution in [3.05, 3.63) is 75.6 Å². The van der Waals surface area contributed by atoms with Crippen LogP contribution < -0.4 is 10.4 Å². The maximum absolute atomic E-state index is 12.0. The second-order valence-electron chi connectivity index (χ2n) is 7.76. The van der Waals surface area contributed by atoms with Gasteiger partial charge in [-0.15, -0.1) is 0 Å². The molecule has 0 saturated carbocycles. The molecule has 7 heteroatoms.